The van der Waals surface area contributed by atoms with Crippen molar-refractivity contribution in [2.24, 2.45) is 0 Å². The third-order valence-corrected chi connectivity index (χ3v) is 3.64. The molecule has 0 fully saturated rings. The number of benzene rings is 2. The molecule has 1 heterocycles. The Labute approximate surface area is 121 Å². The van der Waals surface area contributed by atoms with E-state index in [1.165, 1.54) is 15.8 Å². The quantitative estimate of drug-likeness (QED) is 0.650. The second kappa shape index (κ2) is 6.64. The summed E-state index contributed by atoms with van der Waals surface area (Å²) in [7, 11) is 0. The zero-order valence-electron chi connectivity index (χ0n) is 9.74. The first kappa shape index (κ1) is 14.8. The molecule has 0 aliphatic carbocycles. The number of hydrogen-bond acceptors (Lipinski definition) is 1. The van der Waals surface area contributed by atoms with E-state index in [0.29, 0.717) is 0 Å². The molecular formula is C14H15BrNOS+. The van der Waals surface area contributed by atoms with Crippen LogP contribution in [0.5, 0.6) is 0 Å². The van der Waals surface area contributed by atoms with Gasteiger partial charge in [-0.25, -0.2) is 0 Å². The van der Waals surface area contributed by atoms with Gasteiger partial charge in [-0.2, -0.15) is 4.57 Å². The smallest absolute Gasteiger partial charge is 0.226 e. The number of thiazole rings is 1. The average Bonchev–Trinajstić information content (AvgIpc) is 2.74. The summed E-state index contributed by atoms with van der Waals surface area (Å²) >= 11 is 1.80. The fourth-order valence-corrected chi connectivity index (χ4v) is 2.77. The fourth-order valence-electron chi connectivity index (χ4n) is 1.87. The molecule has 0 spiro atoms. The molecule has 18 heavy (non-hydrogen) atoms. The first-order valence-electron chi connectivity index (χ1n) is 5.33. The van der Waals surface area contributed by atoms with E-state index >= 15 is 0 Å². The van der Waals surface area contributed by atoms with Crippen LogP contribution in [0.2, 0.25) is 0 Å². The molecular weight excluding hydrogens is 310 g/mol. The lowest BCUT2D eigenvalue weighted by Crippen LogP contribution is -2.31. The van der Waals surface area contributed by atoms with Crippen LogP contribution in [-0.4, -0.2) is 5.48 Å². The number of hydrogen-bond donors (Lipinski definition) is 0. The van der Waals surface area contributed by atoms with Gasteiger partial charge in [0.05, 0.1) is 0 Å². The zero-order chi connectivity index (χ0) is 10.8. The van der Waals surface area contributed by atoms with Gasteiger partial charge < -0.3 is 5.48 Å². The predicted molar refractivity (Wildman–Crippen MR) is 81.5 cm³/mol. The van der Waals surface area contributed by atoms with Crippen LogP contribution in [0.3, 0.4) is 0 Å². The molecule has 0 aliphatic rings. The molecule has 0 saturated carbocycles. The van der Waals surface area contributed by atoms with Crippen LogP contribution in [0, 0.1) is 0 Å². The van der Waals surface area contributed by atoms with Crippen LogP contribution in [-0.2, 0) is 6.54 Å². The predicted octanol–water partition coefficient (Wildman–Crippen LogP) is 2.99. The van der Waals surface area contributed by atoms with Gasteiger partial charge in [-0.15, -0.1) is 17.0 Å². The number of halogens is 1. The van der Waals surface area contributed by atoms with E-state index in [1.54, 1.807) is 11.3 Å². The molecule has 3 rings (SSSR count). The zero-order valence-corrected chi connectivity index (χ0v) is 12.3. The first-order valence-corrected chi connectivity index (χ1v) is 6.21. The number of rotatable bonds is 2. The molecule has 2 nitrogen and oxygen atoms in total. The lowest BCUT2D eigenvalue weighted by molar-refractivity contribution is -0.658. The minimum Gasteiger partial charge on any atom is -0.412 e. The van der Waals surface area contributed by atoms with Gasteiger partial charge in [0.2, 0.25) is 11.0 Å². The molecule has 94 valence electrons. The monoisotopic (exact) mass is 324 g/mol. The van der Waals surface area contributed by atoms with E-state index in [2.05, 4.69) is 64.7 Å². The highest BCUT2D eigenvalue weighted by molar-refractivity contribution is 8.93. The maximum Gasteiger partial charge on any atom is 0.226 e. The van der Waals surface area contributed by atoms with Crippen molar-refractivity contribution < 1.29 is 10.0 Å². The van der Waals surface area contributed by atoms with E-state index in [-0.39, 0.29) is 22.5 Å². The van der Waals surface area contributed by atoms with Gasteiger partial charge in [0, 0.05) is 11.6 Å². The summed E-state index contributed by atoms with van der Waals surface area (Å²) in [5, 5.41) is 0. The van der Waals surface area contributed by atoms with Crippen molar-refractivity contribution in [1.29, 1.82) is 0 Å². The molecule has 0 unspecified atom stereocenters. The topological polar surface area (TPSA) is 35.4 Å². The normalized spacial score (nSPS) is 9.56. The van der Waals surface area contributed by atoms with Crippen molar-refractivity contribution in [2.75, 3.05) is 0 Å². The van der Waals surface area contributed by atoms with Crippen LogP contribution < -0.4 is 4.57 Å². The molecule has 4 heteroatoms. The molecule has 0 radical (unpaired) electrons. The highest BCUT2D eigenvalue weighted by Crippen LogP contribution is 2.15. The van der Waals surface area contributed by atoms with Crippen molar-refractivity contribution in [1.82, 2.24) is 0 Å². The number of aromatic nitrogens is 1. The molecule has 0 bridgehead atoms. The summed E-state index contributed by atoms with van der Waals surface area (Å²) in [5.41, 5.74) is 4.85. The summed E-state index contributed by atoms with van der Waals surface area (Å²) in [6.45, 7) is 0.949. The summed E-state index contributed by atoms with van der Waals surface area (Å²) < 4.78 is 3.65. The van der Waals surface area contributed by atoms with Crippen molar-refractivity contribution in [2.45, 2.75) is 6.54 Å². The van der Waals surface area contributed by atoms with E-state index in [9.17, 15) is 0 Å². The third kappa shape index (κ3) is 2.96. The SMILES string of the molecule is Br.O.c1ccc(C[n+]2csc3ccccc32)cc1. The Morgan fingerprint density at radius 2 is 1.56 bits per heavy atom. The van der Waals surface area contributed by atoms with Crippen LogP contribution in [0.25, 0.3) is 10.2 Å². The van der Waals surface area contributed by atoms with Crippen molar-refractivity contribution in [3.63, 3.8) is 0 Å². The summed E-state index contributed by atoms with van der Waals surface area (Å²) in [5.74, 6) is 0. The maximum absolute atomic E-state index is 2.30. The molecule has 2 N–H and O–H groups in total. The molecule has 0 amide bonds. The van der Waals surface area contributed by atoms with E-state index < -0.39 is 0 Å². The summed E-state index contributed by atoms with van der Waals surface area (Å²) in [6.07, 6.45) is 0. The Balaban J connectivity index is 0.000000810. The maximum atomic E-state index is 2.30. The number of fused-ring (bicyclic) bond motifs is 1. The van der Waals surface area contributed by atoms with Gasteiger partial charge in [-0.1, -0.05) is 53.8 Å². The Bertz CT molecular complexity index is 609. The molecule has 0 aliphatic heterocycles. The highest BCUT2D eigenvalue weighted by atomic mass is 79.9. The van der Waals surface area contributed by atoms with Gasteiger partial charge in [-0.05, 0) is 6.07 Å². The Morgan fingerprint density at radius 3 is 2.33 bits per heavy atom. The van der Waals surface area contributed by atoms with Crippen LogP contribution in [0.4, 0.5) is 0 Å². The highest BCUT2D eigenvalue weighted by Gasteiger charge is 2.10. The second-order valence-corrected chi connectivity index (χ2v) is 4.69. The van der Waals surface area contributed by atoms with Gasteiger partial charge >= 0.3 is 0 Å². The van der Waals surface area contributed by atoms with Gasteiger partial charge in [0.25, 0.3) is 0 Å². The van der Waals surface area contributed by atoms with Gasteiger partial charge in [0.1, 0.15) is 4.70 Å². The van der Waals surface area contributed by atoms with Crippen molar-refractivity contribution in [3.8, 4) is 0 Å². The Kier molecular flexibility index (Phi) is 5.47. The Morgan fingerprint density at radius 1 is 0.889 bits per heavy atom. The minimum atomic E-state index is 0. The standard InChI is InChI=1S/C14H12NS.BrH.H2O/c1-2-6-12(7-3-1)10-15-11-16-14-9-5-4-8-13(14)15;;/h1-9,11H,10H2;1H;1H2/q+1;;. The lowest BCUT2D eigenvalue weighted by Gasteiger charge is -1.95. The van der Waals surface area contributed by atoms with E-state index in [0.717, 1.165) is 6.54 Å². The fraction of sp³-hybridized carbons (Fsp3) is 0.0714. The largest absolute Gasteiger partial charge is 0.412 e. The van der Waals surface area contributed by atoms with E-state index in [1.807, 2.05) is 0 Å². The number of para-hydroxylation sites is 1. The molecule has 3 aromatic rings. The summed E-state index contributed by atoms with van der Waals surface area (Å²) in [6, 6.07) is 19.1. The molecule has 2 aromatic carbocycles. The van der Waals surface area contributed by atoms with Gasteiger partial charge in [0.15, 0.2) is 6.54 Å². The third-order valence-electron chi connectivity index (χ3n) is 2.68. The average molecular weight is 325 g/mol. The van der Waals surface area contributed by atoms with E-state index in [4.69, 9.17) is 0 Å². The molecule has 1 aromatic heterocycles. The first-order chi connectivity index (χ1) is 7.93. The summed E-state index contributed by atoms with van der Waals surface area (Å²) in [4.78, 5) is 0. The van der Waals surface area contributed by atoms with Crippen molar-refractivity contribution >= 4 is 38.5 Å². The van der Waals surface area contributed by atoms with Crippen LogP contribution >= 0.6 is 28.3 Å². The minimum absolute atomic E-state index is 0. The Hall–Kier alpha value is -1.23. The lowest BCUT2D eigenvalue weighted by atomic mass is 10.2. The molecule has 0 saturated heterocycles. The van der Waals surface area contributed by atoms with Gasteiger partial charge in [-0.3, -0.25) is 0 Å². The van der Waals surface area contributed by atoms with Crippen molar-refractivity contribution in [3.05, 3.63) is 65.7 Å². The number of nitrogens with zero attached hydrogens (tertiary/aromatic N) is 1. The van der Waals surface area contributed by atoms with Crippen LogP contribution in [0.15, 0.2) is 60.1 Å². The van der Waals surface area contributed by atoms with Crippen LogP contribution in [0.1, 0.15) is 5.56 Å². The molecule has 0 atom stereocenters. The second-order valence-electron chi connectivity index (χ2n) is 3.80.